The zero-order valence-corrected chi connectivity index (χ0v) is 19.4. The number of para-hydroxylation sites is 1. The molecule has 0 unspecified atom stereocenters. The summed E-state index contributed by atoms with van der Waals surface area (Å²) in [5.74, 6) is -0.184. The van der Waals surface area contributed by atoms with Crippen LogP contribution in [0.1, 0.15) is 49.9 Å². The molecular weight excluding hydrogens is 412 g/mol. The molecule has 33 heavy (non-hydrogen) atoms. The summed E-state index contributed by atoms with van der Waals surface area (Å²) < 4.78 is 0. The highest BCUT2D eigenvalue weighted by Gasteiger charge is 2.18. The van der Waals surface area contributed by atoms with Gasteiger partial charge in [-0.2, -0.15) is 0 Å². The van der Waals surface area contributed by atoms with Crippen molar-refractivity contribution in [1.29, 1.82) is 0 Å². The van der Waals surface area contributed by atoms with Gasteiger partial charge in [-0.25, -0.2) is 4.98 Å². The number of piperidine rings is 1. The van der Waals surface area contributed by atoms with Crippen LogP contribution >= 0.6 is 0 Å². The number of hydrogen-bond acceptors (Lipinski definition) is 4. The third kappa shape index (κ3) is 5.76. The van der Waals surface area contributed by atoms with Crippen molar-refractivity contribution < 1.29 is 9.59 Å². The van der Waals surface area contributed by atoms with Crippen molar-refractivity contribution >= 4 is 28.4 Å². The number of likely N-dealkylation sites (tertiary alicyclic amines) is 1. The predicted molar refractivity (Wildman–Crippen MR) is 133 cm³/mol. The number of pyridine rings is 1. The van der Waals surface area contributed by atoms with Gasteiger partial charge in [0, 0.05) is 42.7 Å². The first-order valence-electron chi connectivity index (χ1n) is 11.8. The minimum Gasteiger partial charge on any atom is -0.352 e. The van der Waals surface area contributed by atoms with Crippen molar-refractivity contribution in [3.63, 3.8) is 0 Å². The maximum absolute atomic E-state index is 13.1. The number of hydrogen-bond donors (Lipinski definition) is 2. The molecule has 3 aromatic rings. The van der Waals surface area contributed by atoms with Gasteiger partial charge in [-0.3, -0.25) is 9.59 Å². The number of nitrogens with zero attached hydrogens (tertiary/aromatic N) is 2. The Kier molecular flexibility index (Phi) is 7.35. The number of rotatable bonds is 7. The van der Waals surface area contributed by atoms with Crippen LogP contribution in [0.5, 0.6) is 0 Å². The van der Waals surface area contributed by atoms with Crippen LogP contribution < -0.4 is 10.6 Å². The summed E-state index contributed by atoms with van der Waals surface area (Å²) in [6.07, 6.45) is 4.80. The Morgan fingerprint density at radius 3 is 2.64 bits per heavy atom. The molecule has 0 radical (unpaired) electrons. The number of carbonyl (C=O) groups is 2. The quantitative estimate of drug-likeness (QED) is 0.511. The van der Waals surface area contributed by atoms with Gasteiger partial charge >= 0.3 is 0 Å². The maximum atomic E-state index is 13.1. The third-order valence-corrected chi connectivity index (χ3v) is 6.31. The first kappa shape index (κ1) is 22.9. The van der Waals surface area contributed by atoms with Gasteiger partial charge in [-0.05, 0) is 57.0 Å². The predicted octanol–water partition coefficient (Wildman–Crippen LogP) is 4.85. The smallest absolute Gasteiger partial charge is 0.252 e. The molecule has 2 N–H and O–H groups in total. The van der Waals surface area contributed by atoms with Crippen LogP contribution in [0.15, 0.2) is 54.6 Å². The van der Waals surface area contributed by atoms with E-state index in [2.05, 4.69) is 22.5 Å². The molecule has 1 fully saturated rings. The topological polar surface area (TPSA) is 74.3 Å². The lowest BCUT2D eigenvalue weighted by molar-refractivity contribution is -0.114. The molecule has 1 atom stereocenters. The highest BCUT2D eigenvalue weighted by molar-refractivity contribution is 6.07. The Balaban J connectivity index is 1.49. The summed E-state index contributed by atoms with van der Waals surface area (Å²) >= 11 is 0. The van der Waals surface area contributed by atoms with Crippen molar-refractivity contribution in [3.05, 3.63) is 60.2 Å². The fourth-order valence-corrected chi connectivity index (χ4v) is 4.51. The summed E-state index contributed by atoms with van der Waals surface area (Å²) in [5.41, 5.74) is 3.77. The fraction of sp³-hybridized carbons (Fsp3) is 0.370. The first-order chi connectivity index (χ1) is 16.0. The zero-order chi connectivity index (χ0) is 23.2. The van der Waals surface area contributed by atoms with Gasteiger partial charge in [0.1, 0.15) is 0 Å². The number of anilines is 1. The highest BCUT2D eigenvalue weighted by atomic mass is 16.2. The zero-order valence-electron chi connectivity index (χ0n) is 19.4. The van der Waals surface area contributed by atoms with Gasteiger partial charge in [0.25, 0.3) is 5.91 Å². The van der Waals surface area contributed by atoms with E-state index in [0.717, 1.165) is 47.4 Å². The van der Waals surface area contributed by atoms with E-state index in [1.54, 1.807) is 0 Å². The minimum absolute atomic E-state index is 0.0728. The second kappa shape index (κ2) is 10.6. The van der Waals surface area contributed by atoms with Gasteiger partial charge in [-0.15, -0.1) is 0 Å². The number of nitrogens with one attached hydrogen (secondary N) is 2. The van der Waals surface area contributed by atoms with Gasteiger partial charge in [0.15, 0.2) is 0 Å². The molecule has 1 aromatic heterocycles. The molecule has 0 bridgehead atoms. The summed E-state index contributed by atoms with van der Waals surface area (Å²) in [5, 5.41) is 6.73. The van der Waals surface area contributed by atoms with E-state index >= 15 is 0 Å². The van der Waals surface area contributed by atoms with E-state index < -0.39 is 0 Å². The Bertz CT molecular complexity index is 1130. The second-order valence-electron chi connectivity index (χ2n) is 8.82. The van der Waals surface area contributed by atoms with Crippen LogP contribution in [0.2, 0.25) is 0 Å². The normalized spacial score (nSPS) is 16.5. The molecule has 1 aliphatic heterocycles. The SMILES string of the molecule is CC(=O)Nc1ccc(-c2cc(C(=O)NCCCN3CCCC[C@@H]3C)c3ccccc3n2)cc1. The van der Waals surface area contributed by atoms with E-state index in [-0.39, 0.29) is 11.8 Å². The van der Waals surface area contributed by atoms with E-state index in [0.29, 0.717) is 18.2 Å². The molecule has 6 nitrogen and oxygen atoms in total. The van der Waals surface area contributed by atoms with Crippen LogP contribution in [0, 0.1) is 0 Å². The van der Waals surface area contributed by atoms with Crippen LogP contribution in [0.3, 0.4) is 0 Å². The van der Waals surface area contributed by atoms with Crippen molar-refractivity contribution in [2.24, 2.45) is 0 Å². The Labute approximate surface area is 195 Å². The number of aromatic nitrogens is 1. The van der Waals surface area contributed by atoms with Crippen molar-refractivity contribution in [2.45, 2.75) is 45.6 Å². The van der Waals surface area contributed by atoms with Crippen LogP contribution in [0.25, 0.3) is 22.2 Å². The lowest BCUT2D eigenvalue weighted by Crippen LogP contribution is -2.39. The average Bonchev–Trinajstić information content (AvgIpc) is 2.82. The van der Waals surface area contributed by atoms with Crippen LogP contribution in [-0.2, 0) is 4.79 Å². The molecule has 0 saturated carbocycles. The van der Waals surface area contributed by atoms with Gasteiger partial charge in [0.05, 0.1) is 16.8 Å². The average molecular weight is 445 g/mol. The number of fused-ring (bicyclic) bond motifs is 1. The van der Waals surface area contributed by atoms with Gasteiger partial charge < -0.3 is 15.5 Å². The van der Waals surface area contributed by atoms with E-state index in [4.69, 9.17) is 4.98 Å². The summed E-state index contributed by atoms with van der Waals surface area (Å²) in [7, 11) is 0. The Morgan fingerprint density at radius 2 is 1.88 bits per heavy atom. The standard InChI is InChI=1S/C27H32N4O2/c1-19-8-5-6-16-31(19)17-7-15-28-27(33)24-18-26(30-25-10-4-3-9-23(24)25)21-11-13-22(14-12-21)29-20(2)32/h3-4,9-14,18-19H,5-8,15-17H2,1-2H3,(H,28,33)(H,29,32)/t19-/m0/s1. The highest BCUT2D eigenvalue weighted by Crippen LogP contribution is 2.26. The van der Waals surface area contributed by atoms with Crippen molar-refractivity contribution in [1.82, 2.24) is 15.2 Å². The maximum Gasteiger partial charge on any atom is 0.252 e. The van der Waals surface area contributed by atoms with Gasteiger partial charge in [-0.1, -0.05) is 36.8 Å². The largest absolute Gasteiger partial charge is 0.352 e. The number of benzene rings is 2. The lowest BCUT2D eigenvalue weighted by Gasteiger charge is -2.33. The molecule has 0 spiro atoms. The minimum atomic E-state index is -0.111. The molecule has 6 heteroatoms. The van der Waals surface area contributed by atoms with Gasteiger partial charge in [0.2, 0.25) is 5.91 Å². The molecule has 1 aliphatic rings. The molecule has 2 amide bonds. The third-order valence-electron chi connectivity index (χ3n) is 6.31. The number of carbonyl (C=O) groups excluding carboxylic acids is 2. The van der Waals surface area contributed by atoms with E-state index in [9.17, 15) is 9.59 Å². The molecule has 1 saturated heterocycles. The summed E-state index contributed by atoms with van der Waals surface area (Å²) in [6.45, 7) is 6.61. The monoisotopic (exact) mass is 444 g/mol. The molecular formula is C27H32N4O2. The molecule has 2 heterocycles. The second-order valence-corrected chi connectivity index (χ2v) is 8.82. The Morgan fingerprint density at radius 1 is 1.09 bits per heavy atom. The lowest BCUT2D eigenvalue weighted by atomic mass is 10.0. The molecule has 0 aliphatic carbocycles. The summed E-state index contributed by atoms with van der Waals surface area (Å²) in [4.78, 5) is 31.7. The first-order valence-corrected chi connectivity index (χ1v) is 11.8. The van der Waals surface area contributed by atoms with Crippen molar-refractivity contribution in [2.75, 3.05) is 25.0 Å². The van der Waals surface area contributed by atoms with Crippen molar-refractivity contribution in [3.8, 4) is 11.3 Å². The number of amides is 2. The Hall–Kier alpha value is -3.25. The van der Waals surface area contributed by atoms with Crippen LogP contribution in [-0.4, -0.2) is 47.4 Å². The van der Waals surface area contributed by atoms with E-state index in [1.807, 2.05) is 54.6 Å². The molecule has 2 aromatic carbocycles. The molecule has 172 valence electrons. The van der Waals surface area contributed by atoms with Crippen LogP contribution in [0.4, 0.5) is 5.69 Å². The summed E-state index contributed by atoms with van der Waals surface area (Å²) in [6, 6.07) is 17.7. The molecule has 4 rings (SSSR count). The fourth-order valence-electron chi connectivity index (χ4n) is 4.51. The van der Waals surface area contributed by atoms with E-state index in [1.165, 1.54) is 26.2 Å².